The minimum atomic E-state index is 0.298. The summed E-state index contributed by atoms with van der Waals surface area (Å²) in [6.45, 7) is 3.26. The minimum absolute atomic E-state index is 0.298. The molecule has 3 nitrogen and oxygen atoms in total. The number of hydrogen-bond donors (Lipinski definition) is 2. The highest BCUT2D eigenvalue weighted by Crippen LogP contribution is 2.18. The van der Waals surface area contributed by atoms with Crippen LogP contribution in [-0.4, -0.2) is 36.8 Å². The molecule has 0 aromatic rings. The first-order valence-electron chi connectivity index (χ1n) is 5.58. The first-order chi connectivity index (χ1) is 6.84. The molecule has 14 heavy (non-hydrogen) atoms. The fraction of sp³-hybridized carbons (Fsp3) is 1.00. The molecule has 2 aliphatic rings. The molecule has 0 spiro atoms. The van der Waals surface area contributed by atoms with Crippen LogP contribution in [0.4, 0.5) is 0 Å². The molecule has 2 fully saturated rings. The van der Waals surface area contributed by atoms with Gasteiger partial charge in [-0.15, -0.1) is 0 Å². The maximum absolute atomic E-state index is 6.01. The molecule has 2 N–H and O–H groups in total. The van der Waals surface area contributed by atoms with Crippen LogP contribution in [0.25, 0.3) is 0 Å². The molecule has 2 saturated heterocycles. The van der Waals surface area contributed by atoms with Crippen LogP contribution in [0.1, 0.15) is 25.7 Å². The van der Waals surface area contributed by atoms with Gasteiger partial charge >= 0.3 is 0 Å². The highest BCUT2D eigenvalue weighted by atomic mass is 79.9. The Morgan fingerprint density at radius 2 is 1.86 bits per heavy atom. The van der Waals surface area contributed by atoms with Crippen molar-refractivity contribution in [2.45, 2.75) is 42.8 Å². The lowest BCUT2D eigenvalue weighted by Crippen LogP contribution is -2.44. The predicted octanol–water partition coefficient (Wildman–Crippen LogP) is 1.23. The third kappa shape index (κ3) is 3.19. The number of ether oxygens (including phenoxy) is 1. The standard InChI is InChI=1S/C10H19BrN2O/c11-8-1-2-10(13-7-8)14-9-3-5-12-6-4-9/h8-10,12-13H,1-7H2. The van der Waals surface area contributed by atoms with Crippen LogP contribution in [0.2, 0.25) is 0 Å². The summed E-state index contributed by atoms with van der Waals surface area (Å²) in [5.41, 5.74) is 0. The van der Waals surface area contributed by atoms with Crippen LogP contribution in [0.3, 0.4) is 0 Å². The van der Waals surface area contributed by atoms with E-state index in [2.05, 4.69) is 26.6 Å². The quantitative estimate of drug-likeness (QED) is 0.735. The molecule has 2 rings (SSSR count). The van der Waals surface area contributed by atoms with E-state index in [4.69, 9.17) is 4.74 Å². The molecule has 0 aliphatic carbocycles. The van der Waals surface area contributed by atoms with E-state index in [0.717, 1.165) is 38.9 Å². The van der Waals surface area contributed by atoms with Gasteiger partial charge < -0.3 is 10.1 Å². The van der Waals surface area contributed by atoms with Crippen molar-refractivity contribution in [2.24, 2.45) is 0 Å². The average Bonchev–Trinajstić information content (AvgIpc) is 2.23. The Balaban J connectivity index is 1.68. The molecule has 82 valence electrons. The summed E-state index contributed by atoms with van der Waals surface area (Å²) in [7, 11) is 0. The Morgan fingerprint density at radius 1 is 1.07 bits per heavy atom. The van der Waals surface area contributed by atoms with Crippen LogP contribution in [-0.2, 0) is 4.74 Å². The van der Waals surface area contributed by atoms with Crippen molar-refractivity contribution in [2.75, 3.05) is 19.6 Å². The second kappa shape index (κ2) is 5.45. The summed E-state index contributed by atoms with van der Waals surface area (Å²) in [4.78, 5) is 0.635. The maximum Gasteiger partial charge on any atom is 0.108 e. The molecule has 2 heterocycles. The van der Waals surface area contributed by atoms with E-state index >= 15 is 0 Å². The Labute approximate surface area is 94.1 Å². The lowest BCUT2D eigenvalue weighted by Gasteiger charge is -2.32. The van der Waals surface area contributed by atoms with Crippen molar-refractivity contribution < 1.29 is 4.74 Å². The number of halogens is 1. The Kier molecular flexibility index (Phi) is 4.23. The van der Waals surface area contributed by atoms with E-state index in [-0.39, 0.29) is 0 Å². The maximum atomic E-state index is 6.01. The minimum Gasteiger partial charge on any atom is -0.360 e. The highest BCUT2D eigenvalue weighted by molar-refractivity contribution is 9.09. The van der Waals surface area contributed by atoms with E-state index in [1.54, 1.807) is 0 Å². The summed E-state index contributed by atoms with van der Waals surface area (Å²) in [6, 6.07) is 0. The molecule has 0 saturated carbocycles. The molecule has 0 bridgehead atoms. The van der Waals surface area contributed by atoms with Crippen molar-refractivity contribution in [1.82, 2.24) is 10.6 Å². The normalized spacial score (nSPS) is 35.8. The van der Waals surface area contributed by atoms with Gasteiger partial charge in [0.2, 0.25) is 0 Å². The van der Waals surface area contributed by atoms with Gasteiger partial charge in [0.05, 0.1) is 6.10 Å². The van der Waals surface area contributed by atoms with Crippen LogP contribution < -0.4 is 10.6 Å². The largest absolute Gasteiger partial charge is 0.360 e. The fourth-order valence-corrected chi connectivity index (χ4v) is 2.53. The molecule has 0 radical (unpaired) electrons. The molecule has 0 aromatic carbocycles. The van der Waals surface area contributed by atoms with Crippen LogP contribution in [0.5, 0.6) is 0 Å². The van der Waals surface area contributed by atoms with Crippen molar-refractivity contribution in [1.29, 1.82) is 0 Å². The zero-order chi connectivity index (χ0) is 9.80. The summed E-state index contributed by atoms with van der Waals surface area (Å²) < 4.78 is 6.01. The second-order valence-electron chi connectivity index (χ2n) is 4.16. The van der Waals surface area contributed by atoms with E-state index < -0.39 is 0 Å². The van der Waals surface area contributed by atoms with E-state index in [1.165, 1.54) is 6.42 Å². The molecule has 2 aliphatic heterocycles. The zero-order valence-corrected chi connectivity index (χ0v) is 10.1. The average molecular weight is 263 g/mol. The SMILES string of the molecule is BrC1CCC(OC2CCNCC2)NC1. The third-order valence-corrected chi connectivity index (χ3v) is 3.73. The van der Waals surface area contributed by atoms with Crippen molar-refractivity contribution in [3.8, 4) is 0 Å². The number of rotatable bonds is 2. The van der Waals surface area contributed by atoms with Crippen molar-refractivity contribution in [3.05, 3.63) is 0 Å². The van der Waals surface area contributed by atoms with E-state index in [0.29, 0.717) is 17.2 Å². The number of piperidine rings is 2. The van der Waals surface area contributed by atoms with E-state index in [9.17, 15) is 0 Å². The summed E-state index contributed by atoms with van der Waals surface area (Å²) in [5, 5.41) is 6.78. The van der Waals surface area contributed by atoms with Gasteiger partial charge in [0, 0.05) is 11.4 Å². The van der Waals surface area contributed by atoms with Gasteiger partial charge in [0.1, 0.15) is 6.23 Å². The molecular weight excluding hydrogens is 244 g/mol. The topological polar surface area (TPSA) is 33.3 Å². The van der Waals surface area contributed by atoms with Gasteiger partial charge in [-0.3, -0.25) is 5.32 Å². The number of alkyl halides is 1. The molecule has 0 aromatic heterocycles. The van der Waals surface area contributed by atoms with Gasteiger partial charge in [-0.1, -0.05) is 15.9 Å². The Bertz CT molecular complexity index is 166. The zero-order valence-electron chi connectivity index (χ0n) is 8.47. The van der Waals surface area contributed by atoms with Crippen LogP contribution in [0.15, 0.2) is 0 Å². The number of hydrogen-bond acceptors (Lipinski definition) is 3. The van der Waals surface area contributed by atoms with Gasteiger partial charge in [0.25, 0.3) is 0 Å². The molecular formula is C10H19BrN2O. The summed E-state index contributed by atoms with van der Waals surface area (Å²) in [5.74, 6) is 0. The van der Waals surface area contributed by atoms with Gasteiger partial charge in [0.15, 0.2) is 0 Å². The van der Waals surface area contributed by atoms with Gasteiger partial charge in [-0.25, -0.2) is 0 Å². The Hall–Kier alpha value is 0.360. The molecule has 2 atom stereocenters. The smallest absolute Gasteiger partial charge is 0.108 e. The summed E-state index contributed by atoms with van der Waals surface area (Å²) >= 11 is 3.61. The van der Waals surface area contributed by atoms with Crippen LogP contribution >= 0.6 is 15.9 Å². The molecule has 2 unspecified atom stereocenters. The first kappa shape index (κ1) is 10.9. The molecule has 0 amide bonds. The lowest BCUT2D eigenvalue weighted by molar-refractivity contribution is -0.0530. The first-order valence-corrected chi connectivity index (χ1v) is 6.50. The third-order valence-electron chi connectivity index (χ3n) is 2.95. The van der Waals surface area contributed by atoms with Crippen LogP contribution in [0, 0.1) is 0 Å². The summed E-state index contributed by atoms with van der Waals surface area (Å²) in [6.07, 6.45) is 5.46. The van der Waals surface area contributed by atoms with E-state index in [1.807, 2.05) is 0 Å². The van der Waals surface area contributed by atoms with Gasteiger partial charge in [-0.2, -0.15) is 0 Å². The van der Waals surface area contributed by atoms with Crippen molar-refractivity contribution >= 4 is 15.9 Å². The highest BCUT2D eigenvalue weighted by Gasteiger charge is 2.22. The molecule has 4 heteroatoms. The number of nitrogens with one attached hydrogen (secondary N) is 2. The van der Waals surface area contributed by atoms with Crippen molar-refractivity contribution in [3.63, 3.8) is 0 Å². The lowest BCUT2D eigenvalue weighted by atomic mass is 10.1. The van der Waals surface area contributed by atoms with Gasteiger partial charge in [-0.05, 0) is 38.8 Å². The monoisotopic (exact) mass is 262 g/mol. The fourth-order valence-electron chi connectivity index (χ4n) is 2.08. The second-order valence-corrected chi connectivity index (χ2v) is 5.45. The Morgan fingerprint density at radius 3 is 2.50 bits per heavy atom. The predicted molar refractivity (Wildman–Crippen MR) is 60.7 cm³/mol.